The maximum atomic E-state index is 14.5. The van der Waals surface area contributed by atoms with E-state index in [1.54, 1.807) is 30.5 Å². The average molecular weight is 725 g/mol. The molecule has 47 heavy (non-hydrogen) atoms. The van der Waals surface area contributed by atoms with Gasteiger partial charge >= 0.3 is 19.4 Å². The third-order valence-electron chi connectivity index (χ3n) is 7.84. The van der Waals surface area contributed by atoms with Crippen molar-refractivity contribution < 1.29 is 33.4 Å². The first kappa shape index (κ1) is 32.6. The van der Waals surface area contributed by atoms with Crippen molar-refractivity contribution in [3.8, 4) is 5.75 Å². The van der Waals surface area contributed by atoms with Gasteiger partial charge in [0.1, 0.15) is 24.1 Å². The largest absolute Gasteiger partial charge is 0.480 e. The fraction of sp³-hybridized carbons (Fsp3) is 0.219. The van der Waals surface area contributed by atoms with E-state index >= 15 is 0 Å². The van der Waals surface area contributed by atoms with Crippen LogP contribution in [0.25, 0.3) is 27.8 Å². The summed E-state index contributed by atoms with van der Waals surface area (Å²) in [6.45, 7) is -0.488. The molecule has 0 amide bonds. The highest BCUT2D eigenvalue weighted by atomic mass is 79.9. The van der Waals surface area contributed by atoms with Gasteiger partial charge in [0.05, 0.1) is 18.3 Å². The number of halogens is 1. The van der Waals surface area contributed by atoms with Gasteiger partial charge < -0.3 is 24.5 Å². The van der Waals surface area contributed by atoms with E-state index in [9.17, 15) is 29.2 Å². The summed E-state index contributed by atoms with van der Waals surface area (Å²) in [5.74, 6) is -1.10. The van der Waals surface area contributed by atoms with E-state index in [0.717, 1.165) is 20.9 Å². The van der Waals surface area contributed by atoms with Crippen LogP contribution in [0.1, 0.15) is 23.8 Å². The summed E-state index contributed by atoms with van der Waals surface area (Å²) in [7, 11) is -4.50. The number of aliphatic hydroxyl groups excluding tert-OH is 1. The molecule has 2 aromatic heterocycles. The van der Waals surface area contributed by atoms with Crippen molar-refractivity contribution in [2.45, 2.75) is 37.3 Å². The summed E-state index contributed by atoms with van der Waals surface area (Å²) in [5, 5.41) is 25.9. The van der Waals surface area contributed by atoms with E-state index in [2.05, 4.69) is 31.0 Å². The zero-order valence-electron chi connectivity index (χ0n) is 24.6. The SMILES string of the molecule is O=C(O)C(Cc1c[nH]c2ccccc12)NP(=O)(OC[C@H]1O[C@@H](n2cc(/C=C/Br)c(=O)[nH]c2=O)C[C@@H]1O)Oc1cccc2ccccc12. The topological polar surface area (TPSA) is 185 Å². The molecular formula is C32H30BrN4O9P. The molecule has 0 aliphatic carbocycles. The Bertz CT molecular complexity index is 2120. The van der Waals surface area contributed by atoms with Crippen molar-refractivity contribution in [2.75, 3.05) is 6.61 Å². The standard InChI is InChI=1S/C32H30BrN4O9P/c33-13-12-20-17-37(32(42)35-30(20)39)29-15-26(38)28(45-29)18-44-47(43,46-27-11-5-7-19-6-1-2-9-23(19)27)36-25(31(40)41)14-21-16-34-24-10-4-3-8-22(21)24/h1-13,16-17,25-26,28-29,34,38H,14-15,18H2,(H,36,43)(H,40,41)(H,35,39,42)/b13-12+/t25?,26-,28+,29+,47?/m0/s1. The molecule has 15 heteroatoms. The number of hydrogen-bond acceptors (Lipinski definition) is 8. The van der Waals surface area contributed by atoms with E-state index in [1.165, 1.54) is 17.3 Å². The molecule has 1 aliphatic heterocycles. The minimum atomic E-state index is -4.50. The first-order valence-corrected chi connectivity index (χ1v) is 17.0. The number of carboxylic acid groups (broad SMARTS) is 1. The zero-order chi connectivity index (χ0) is 33.1. The van der Waals surface area contributed by atoms with Crippen LogP contribution in [0.2, 0.25) is 0 Å². The van der Waals surface area contributed by atoms with Gasteiger partial charge in [-0.15, -0.1) is 0 Å². The number of nitrogens with one attached hydrogen (secondary N) is 3. The Labute approximate surface area is 275 Å². The van der Waals surface area contributed by atoms with Gasteiger partial charge in [0.2, 0.25) is 0 Å². The normalized spacial score (nSPS) is 20.1. The lowest BCUT2D eigenvalue weighted by Crippen LogP contribution is -2.39. The van der Waals surface area contributed by atoms with Crippen LogP contribution in [0.3, 0.4) is 0 Å². The fourth-order valence-corrected chi connectivity index (χ4v) is 7.31. The smallest absolute Gasteiger partial charge is 0.459 e. The Hall–Kier alpha value is -4.30. The number of carboxylic acids is 1. The molecule has 2 unspecified atom stereocenters. The number of ether oxygens (including phenoxy) is 1. The van der Waals surface area contributed by atoms with E-state index in [0.29, 0.717) is 10.9 Å². The van der Waals surface area contributed by atoms with E-state index in [-0.39, 0.29) is 24.2 Å². The molecule has 0 radical (unpaired) electrons. The molecule has 3 aromatic carbocycles. The number of aliphatic carboxylic acids is 1. The predicted molar refractivity (Wildman–Crippen MR) is 179 cm³/mol. The van der Waals surface area contributed by atoms with Crippen LogP contribution >= 0.6 is 23.7 Å². The van der Waals surface area contributed by atoms with Gasteiger partial charge in [-0.1, -0.05) is 70.5 Å². The quantitative estimate of drug-likeness (QED) is 0.113. The van der Waals surface area contributed by atoms with Crippen LogP contribution in [-0.4, -0.2) is 55.6 Å². The third kappa shape index (κ3) is 7.18. The molecule has 5 atom stereocenters. The molecule has 3 heterocycles. The number of benzene rings is 3. The number of aliphatic hydroxyl groups is 1. The van der Waals surface area contributed by atoms with Gasteiger partial charge in [0.25, 0.3) is 5.56 Å². The summed E-state index contributed by atoms with van der Waals surface area (Å²) >= 11 is 3.10. The lowest BCUT2D eigenvalue weighted by atomic mass is 10.1. The summed E-state index contributed by atoms with van der Waals surface area (Å²) < 4.78 is 33.4. The van der Waals surface area contributed by atoms with Gasteiger partial charge in [0.15, 0.2) is 0 Å². The fourth-order valence-electron chi connectivity index (χ4n) is 5.50. The molecular weight excluding hydrogens is 695 g/mol. The number of carbonyl (C=O) groups is 1. The third-order valence-corrected chi connectivity index (χ3v) is 9.66. The van der Waals surface area contributed by atoms with Crippen LogP contribution < -0.4 is 20.9 Å². The number of rotatable bonds is 12. The lowest BCUT2D eigenvalue weighted by Gasteiger charge is -2.25. The van der Waals surface area contributed by atoms with Gasteiger partial charge in [-0.05, 0) is 34.1 Å². The van der Waals surface area contributed by atoms with E-state index in [4.69, 9.17) is 13.8 Å². The number of hydrogen-bond donors (Lipinski definition) is 5. The number of nitrogens with zero attached hydrogens (tertiary/aromatic N) is 1. The minimum absolute atomic E-state index is 0.0440. The molecule has 5 N–H and O–H groups in total. The van der Waals surface area contributed by atoms with E-state index < -0.39 is 56.0 Å². The van der Waals surface area contributed by atoms with Crippen molar-refractivity contribution in [3.05, 3.63) is 116 Å². The highest BCUT2D eigenvalue weighted by molar-refractivity contribution is 9.11. The zero-order valence-corrected chi connectivity index (χ0v) is 27.1. The molecule has 244 valence electrons. The molecule has 0 spiro atoms. The maximum Gasteiger partial charge on any atom is 0.459 e. The van der Waals surface area contributed by atoms with Gasteiger partial charge in [-0.2, -0.15) is 5.09 Å². The maximum absolute atomic E-state index is 14.5. The van der Waals surface area contributed by atoms with Crippen LogP contribution in [0.4, 0.5) is 0 Å². The summed E-state index contributed by atoms with van der Waals surface area (Å²) in [6.07, 6.45) is 1.11. The minimum Gasteiger partial charge on any atom is -0.480 e. The van der Waals surface area contributed by atoms with Crippen molar-refractivity contribution in [3.63, 3.8) is 0 Å². The van der Waals surface area contributed by atoms with Crippen LogP contribution in [0.5, 0.6) is 5.75 Å². The Morgan fingerprint density at radius 1 is 1.13 bits per heavy atom. The molecule has 0 saturated carbocycles. The summed E-state index contributed by atoms with van der Waals surface area (Å²) in [5.41, 5.74) is 0.325. The van der Waals surface area contributed by atoms with Crippen LogP contribution in [0.15, 0.2) is 93.7 Å². The van der Waals surface area contributed by atoms with Gasteiger partial charge in [0, 0.05) is 41.5 Å². The molecule has 5 aromatic rings. The molecule has 13 nitrogen and oxygen atoms in total. The Kier molecular flexibility index (Phi) is 9.60. The molecule has 0 bridgehead atoms. The Morgan fingerprint density at radius 2 is 1.87 bits per heavy atom. The second kappa shape index (κ2) is 13.8. The first-order chi connectivity index (χ1) is 22.6. The Morgan fingerprint density at radius 3 is 2.66 bits per heavy atom. The van der Waals surface area contributed by atoms with Crippen molar-refractivity contribution in [1.29, 1.82) is 0 Å². The van der Waals surface area contributed by atoms with Crippen LogP contribution in [-0.2, 0) is 25.0 Å². The first-order valence-electron chi connectivity index (χ1n) is 14.6. The van der Waals surface area contributed by atoms with E-state index in [1.807, 2.05) is 42.5 Å². The predicted octanol–water partition coefficient (Wildman–Crippen LogP) is 4.67. The highest BCUT2D eigenvalue weighted by Gasteiger charge is 2.40. The average Bonchev–Trinajstić information content (AvgIpc) is 3.64. The van der Waals surface area contributed by atoms with Gasteiger partial charge in [-0.3, -0.25) is 23.7 Å². The number of H-pyrrole nitrogens is 2. The van der Waals surface area contributed by atoms with Crippen LogP contribution in [0, 0.1) is 0 Å². The number of para-hydroxylation sites is 1. The molecule has 1 saturated heterocycles. The summed E-state index contributed by atoms with van der Waals surface area (Å²) in [4.78, 5) is 44.0. The monoisotopic (exact) mass is 724 g/mol. The lowest BCUT2D eigenvalue weighted by molar-refractivity contribution is -0.139. The van der Waals surface area contributed by atoms with Gasteiger partial charge in [-0.25, -0.2) is 9.36 Å². The molecule has 1 fully saturated rings. The molecule has 6 rings (SSSR count). The second-order valence-corrected chi connectivity index (χ2v) is 13.1. The summed E-state index contributed by atoms with van der Waals surface area (Å²) in [6, 6.07) is 18.4. The second-order valence-electron chi connectivity index (χ2n) is 10.9. The highest BCUT2D eigenvalue weighted by Crippen LogP contribution is 2.48. The van der Waals surface area contributed by atoms with Crippen molar-refractivity contribution in [2.24, 2.45) is 0 Å². The van der Waals surface area contributed by atoms with Crippen molar-refractivity contribution in [1.82, 2.24) is 19.6 Å². The number of aromatic amines is 2. The van der Waals surface area contributed by atoms with Crippen molar-refractivity contribution >= 4 is 57.4 Å². The molecule has 1 aliphatic rings. The Balaban J connectivity index is 1.27. The number of fused-ring (bicyclic) bond motifs is 2. The number of aromatic nitrogens is 3.